The lowest BCUT2D eigenvalue weighted by Gasteiger charge is -2.18. The summed E-state index contributed by atoms with van der Waals surface area (Å²) in [6, 6.07) is 5.21. The molecule has 0 radical (unpaired) electrons. The first-order valence-electron chi connectivity index (χ1n) is 6.25. The van der Waals surface area contributed by atoms with Gasteiger partial charge >= 0.3 is 5.97 Å². The van der Waals surface area contributed by atoms with Crippen LogP contribution in [0.1, 0.15) is 32.3 Å². The average Bonchev–Trinajstić information content (AvgIpc) is 2.40. The zero-order valence-corrected chi connectivity index (χ0v) is 11.1. The Morgan fingerprint density at radius 2 is 2.26 bits per heavy atom. The first kappa shape index (κ1) is 15.0. The number of nitriles is 1. The molecule has 5 heteroatoms. The van der Waals surface area contributed by atoms with Crippen molar-refractivity contribution in [2.75, 3.05) is 11.9 Å². The molecule has 1 N–H and O–H groups in total. The van der Waals surface area contributed by atoms with Crippen molar-refractivity contribution in [3.63, 3.8) is 0 Å². The van der Waals surface area contributed by atoms with E-state index in [2.05, 4.69) is 5.32 Å². The molecular weight excluding hydrogens is 247 g/mol. The number of carbonyl (C=O) groups excluding carboxylic acids is 1. The topological polar surface area (TPSA) is 62.1 Å². The van der Waals surface area contributed by atoms with Crippen molar-refractivity contribution in [2.24, 2.45) is 0 Å². The molecule has 1 unspecified atom stereocenters. The number of ether oxygens (including phenoxy) is 1. The number of halogens is 1. The molecule has 0 aromatic heterocycles. The maximum absolute atomic E-state index is 13.0. The number of hydrogen-bond acceptors (Lipinski definition) is 4. The second-order valence-electron chi connectivity index (χ2n) is 4.04. The van der Waals surface area contributed by atoms with E-state index in [-0.39, 0.29) is 11.5 Å². The van der Waals surface area contributed by atoms with E-state index >= 15 is 0 Å². The van der Waals surface area contributed by atoms with Crippen LogP contribution in [0.25, 0.3) is 0 Å². The summed E-state index contributed by atoms with van der Waals surface area (Å²) >= 11 is 0. The molecular formula is C14H17FN2O2. The van der Waals surface area contributed by atoms with E-state index in [1.54, 1.807) is 6.92 Å². The average molecular weight is 264 g/mol. The normalized spacial score (nSPS) is 11.5. The number of esters is 1. The molecule has 0 saturated carbocycles. The molecule has 0 amide bonds. The van der Waals surface area contributed by atoms with E-state index in [4.69, 9.17) is 10.00 Å². The standard InChI is InChI=1S/C14H17FN2O2/c1-3-5-13(14(18)19-4-2)17-12-7-6-11(15)8-10(12)9-16/h6-8,13,17H,3-5H2,1-2H3. The summed E-state index contributed by atoms with van der Waals surface area (Å²) in [6.45, 7) is 3.98. The van der Waals surface area contributed by atoms with Crippen molar-refractivity contribution in [3.05, 3.63) is 29.6 Å². The first-order valence-corrected chi connectivity index (χ1v) is 6.25. The third-order valence-electron chi connectivity index (χ3n) is 2.58. The van der Waals surface area contributed by atoms with Gasteiger partial charge in [-0.25, -0.2) is 9.18 Å². The molecule has 0 fully saturated rings. The number of nitrogens with zero attached hydrogens (tertiary/aromatic N) is 1. The third-order valence-corrected chi connectivity index (χ3v) is 2.58. The number of benzene rings is 1. The molecule has 0 aliphatic heterocycles. The lowest BCUT2D eigenvalue weighted by Crippen LogP contribution is -2.31. The molecule has 1 rings (SSSR count). The van der Waals surface area contributed by atoms with Crippen molar-refractivity contribution in [1.29, 1.82) is 5.26 Å². The summed E-state index contributed by atoms with van der Waals surface area (Å²) in [5.41, 5.74) is 0.612. The minimum atomic E-state index is -0.525. The van der Waals surface area contributed by atoms with Gasteiger partial charge in [-0.3, -0.25) is 0 Å². The Hall–Kier alpha value is -2.09. The summed E-state index contributed by atoms with van der Waals surface area (Å²) < 4.78 is 18.0. The molecule has 0 saturated heterocycles. The van der Waals surface area contributed by atoms with Crippen molar-refractivity contribution >= 4 is 11.7 Å². The second kappa shape index (κ2) is 7.37. The lowest BCUT2D eigenvalue weighted by atomic mass is 10.1. The fraction of sp³-hybridized carbons (Fsp3) is 0.429. The van der Waals surface area contributed by atoms with Crippen molar-refractivity contribution in [3.8, 4) is 6.07 Å². The molecule has 0 aliphatic rings. The SMILES string of the molecule is CCCC(Nc1ccc(F)cc1C#N)C(=O)OCC. The van der Waals surface area contributed by atoms with Gasteiger partial charge in [0.1, 0.15) is 17.9 Å². The van der Waals surface area contributed by atoms with Gasteiger partial charge < -0.3 is 10.1 Å². The van der Waals surface area contributed by atoms with E-state index < -0.39 is 11.9 Å². The Morgan fingerprint density at radius 3 is 2.84 bits per heavy atom. The number of rotatable bonds is 6. The predicted molar refractivity (Wildman–Crippen MR) is 70.1 cm³/mol. The second-order valence-corrected chi connectivity index (χ2v) is 4.04. The molecule has 19 heavy (non-hydrogen) atoms. The quantitative estimate of drug-likeness (QED) is 0.802. The van der Waals surface area contributed by atoms with Gasteiger partial charge in [-0.05, 0) is 31.5 Å². The lowest BCUT2D eigenvalue weighted by molar-refractivity contribution is -0.144. The molecule has 1 aromatic rings. The Kier molecular flexibility index (Phi) is 5.80. The zero-order chi connectivity index (χ0) is 14.3. The fourth-order valence-electron chi connectivity index (χ4n) is 1.70. The molecule has 1 aromatic carbocycles. The highest BCUT2D eigenvalue weighted by molar-refractivity contribution is 5.80. The molecule has 0 bridgehead atoms. The summed E-state index contributed by atoms with van der Waals surface area (Å²) in [5.74, 6) is -0.845. The largest absolute Gasteiger partial charge is 0.464 e. The summed E-state index contributed by atoms with van der Waals surface area (Å²) in [7, 11) is 0. The third kappa shape index (κ3) is 4.25. The number of nitrogens with one attached hydrogen (secondary N) is 1. The van der Waals surface area contributed by atoms with E-state index in [0.717, 1.165) is 12.5 Å². The molecule has 102 valence electrons. The minimum Gasteiger partial charge on any atom is -0.464 e. The van der Waals surface area contributed by atoms with E-state index in [1.165, 1.54) is 12.1 Å². The maximum atomic E-state index is 13.0. The van der Waals surface area contributed by atoms with E-state index in [9.17, 15) is 9.18 Å². The van der Waals surface area contributed by atoms with Gasteiger partial charge in [0.15, 0.2) is 0 Å². The van der Waals surface area contributed by atoms with E-state index in [0.29, 0.717) is 18.7 Å². The molecule has 0 spiro atoms. The van der Waals surface area contributed by atoms with Crippen LogP contribution in [0.4, 0.5) is 10.1 Å². The van der Waals surface area contributed by atoms with Crippen LogP contribution in [-0.2, 0) is 9.53 Å². The van der Waals surface area contributed by atoms with Crippen LogP contribution in [0.2, 0.25) is 0 Å². The maximum Gasteiger partial charge on any atom is 0.328 e. The zero-order valence-electron chi connectivity index (χ0n) is 11.1. The summed E-state index contributed by atoms with van der Waals surface area (Å²) in [4.78, 5) is 11.8. The highest BCUT2D eigenvalue weighted by Gasteiger charge is 2.19. The van der Waals surface area contributed by atoms with Crippen LogP contribution in [-0.4, -0.2) is 18.6 Å². The van der Waals surface area contributed by atoms with Crippen LogP contribution in [0.15, 0.2) is 18.2 Å². The Morgan fingerprint density at radius 1 is 1.53 bits per heavy atom. The first-order chi connectivity index (χ1) is 9.12. The van der Waals surface area contributed by atoms with Crippen LogP contribution in [0.3, 0.4) is 0 Å². The van der Waals surface area contributed by atoms with Gasteiger partial charge in [-0.1, -0.05) is 13.3 Å². The van der Waals surface area contributed by atoms with Gasteiger partial charge in [0.2, 0.25) is 0 Å². The number of carbonyl (C=O) groups is 1. The number of hydrogen-bond donors (Lipinski definition) is 1. The van der Waals surface area contributed by atoms with Gasteiger partial charge in [0, 0.05) is 0 Å². The molecule has 4 nitrogen and oxygen atoms in total. The Labute approximate surface area is 112 Å². The highest BCUT2D eigenvalue weighted by atomic mass is 19.1. The van der Waals surface area contributed by atoms with Crippen molar-refractivity contribution in [1.82, 2.24) is 0 Å². The summed E-state index contributed by atoms with van der Waals surface area (Å²) in [6.07, 6.45) is 1.38. The van der Waals surface area contributed by atoms with Crippen LogP contribution in [0, 0.1) is 17.1 Å². The minimum absolute atomic E-state index is 0.172. The van der Waals surface area contributed by atoms with Crippen LogP contribution in [0.5, 0.6) is 0 Å². The van der Waals surface area contributed by atoms with Crippen molar-refractivity contribution < 1.29 is 13.9 Å². The van der Waals surface area contributed by atoms with Gasteiger partial charge in [0.05, 0.1) is 17.9 Å². The monoisotopic (exact) mass is 264 g/mol. The predicted octanol–water partition coefficient (Wildman–Crippen LogP) is 2.84. The number of anilines is 1. The Balaban J connectivity index is 2.90. The van der Waals surface area contributed by atoms with Crippen LogP contribution < -0.4 is 5.32 Å². The molecule has 0 aliphatic carbocycles. The highest BCUT2D eigenvalue weighted by Crippen LogP contribution is 2.18. The van der Waals surface area contributed by atoms with Gasteiger partial charge in [-0.2, -0.15) is 5.26 Å². The van der Waals surface area contributed by atoms with Crippen LogP contribution >= 0.6 is 0 Å². The van der Waals surface area contributed by atoms with Gasteiger partial charge in [0.25, 0.3) is 0 Å². The molecule has 0 heterocycles. The smallest absolute Gasteiger partial charge is 0.328 e. The molecule has 1 atom stereocenters. The Bertz CT molecular complexity index is 483. The summed E-state index contributed by atoms with van der Waals surface area (Å²) in [5, 5.41) is 11.9. The van der Waals surface area contributed by atoms with Crippen molar-refractivity contribution in [2.45, 2.75) is 32.7 Å². The van der Waals surface area contributed by atoms with E-state index in [1.807, 2.05) is 13.0 Å². The fourth-order valence-corrected chi connectivity index (χ4v) is 1.70. The van der Waals surface area contributed by atoms with Gasteiger partial charge in [-0.15, -0.1) is 0 Å².